The largest absolute Gasteiger partial charge is 0.251 e. The van der Waals surface area contributed by atoms with Gasteiger partial charge in [-0.25, -0.2) is 0 Å². The van der Waals surface area contributed by atoms with Crippen molar-refractivity contribution in [3.8, 4) is 0 Å². The number of nitrogens with zero attached hydrogens (tertiary/aromatic N) is 2. The molecule has 0 aromatic carbocycles. The standard InChI is InChI=1S/C3H6N4S/c4-6-7-5-2-1-3-8-7/h1-3,6H,4H2. The number of hydrogen-bond acceptors (Lipinski definition) is 5. The molecule has 3 N–H and O–H groups in total. The quantitative estimate of drug-likeness (QED) is 0.294. The molecular formula is C3H6N4S. The van der Waals surface area contributed by atoms with Crippen LogP contribution in [0.2, 0.25) is 0 Å². The topological polar surface area (TPSA) is 53.6 Å². The predicted molar refractivity (Wildman–Crippen MR) is 34.4 cm³/mol. The fourth-order valence-electron chi connectivity index (χ4n) is 0.318. The minimum Gasteiger partial charge on any atom is -0.251 e. The molecule has 1 rings (SSSR count). The molecule has 0 fully saturated rings. The van der Waals surface area contributed by atoms with Gasteiger partial charge in [0.2, 0.25) is 0 Å². The van der Waals surface area contributed by atoms with Crippen LogP contribution >= 0.6 is 11.9 Å². The van der Waals surface area contributed by atoms with Crippen LogP contribution in [0, 0.1) is 0 Å². The first-order valence-corrected chi connectivity index (χ1v) is 2.89. The van der Waals surface area contributed by atoms with E-state index in [-0.39, 0.29) is 0 Å². The van der Waals surface area contributed by atoms with Gasteiger partial charge in [0.25, 0.3) is 0 Å². The fraction of sp³-hybridized carbons (Fsp3) is 0. The number of hydrazine groups is 2. The molecule has 0 spiro atoms. The highest BCUT2D eigenvalue weighted by molar-refractivity contribution is 7.99. The van der Waals surface area contributed by atoms with Gasteiger partial charge >= 0.3 is 0 Å². The summed E-state index contributed by atoms with van der Waals surface area (Å²) in [6, 6.07) is 0. The van der Waals surface area contributed by atoms with Gasteiger partial charge in [0.15, 0.2) is 0 Å². The van der Waals surface area contributed by atoms with Crippen molar-refractivity contribution in [1.82, 2.24) is 10.1 Å². The summed E-state index contributed by atoms with van der Waals surface area (Å²) < 4.78 is 1.44. The molecule has 44 valence electrons. The number of allylic oxidation sites excluding steroid dienone is 1. The molecule has 8 heavy (non-hydrogen) atoms. The molecule has 1 aliphatic heterocycles. The summed E-state index contributed by atoms with van der Waals surface area (Å²) in [4.78, 5) is 0. The van der Waals surface area contributed by atoms with Crippen molar-refractivity contribution in [2.24, 2.45) is 10.9 Å². The average molecular weight is 130 g/mol. The Hall–Kier alpha value is -0.520. The molecular weight excluding hydrogens is 124 g/mol. The number of hydrazone groups is 1. The summed E-state index contributed by atoms with van der Waals surface area (Å²) in [6.07, 6.45) is 3.48. The van der Waals surface area contributed by atoms with E-state index >= 15 is 0 Å². The summed E-state index contributed by atoms with van der Waals surface area (Å²) in [6.45, 7) is 0. The Labute approximate surface area is 51.5 Å². The lowest BCUT2D eigenvalue weighted by Gasteiger charge is -2.13. The highest BCUT2D eigenvalue weighted by atomic mass is 32.2. The molecule has 0 aromatic rings. The molecule has 0 saturated carbocycles. The minimum absolute atomic E-state index is 1.38. The zero-order chi connectivity index (χ0) is 5.82. The third kappa shape index (κ3) is 1.22. The van der Waals surface area contributed by atoms with Crippen LogP contribution in [0.3, 0.4) is 0 Å². The first kappa shape index (κ1) is 5.61. The molecule has 0 unspecified atom stereocenters. The van der Waals surface area contributed by atoms with E-state index in [4.69, 9.17) is 5.84 Å². The van der Waals surface area contributed by atoms with E-state index < -0.39 is 0 Å². The number of nitrogens with two attached hydrogens (primary N) is 1. The van der Waals surface area contributed by atoms with Gasteiger partial charge in [-0.3, -0.25) is 5.84 Å². The van der Waals surface area contributed by atoms with Crippen molar-refractivity contribution in [2.45, 2.75) is 0 Å². The Morgan fingerprint density at radius 1 is 1.75 bits per heavy atom. The van der Waals surface area contributed by atoms with E-state index in [2.05, 4.69) is 10.6 Å². The predicted octanol–water partition coefficient (Wildman–Crippen LogP) is -0.172. The van der Waals surface area contributed by atoms with Crippen molar-refractivity contribution in [2.75, 3.05) is 0 Å². The van der Waals surface area contributed by atoms with E-state index in [0.29, 0.717) is 0 Å². The number of hydrogen-bond donors (Lipinski definition) is 2. The van der Waals surface area contributed by atoms with Crippen LogP contribution in [0.4, 0.5) is 0 Å². The molecule has 0 aliphatic carbocycles. The Bertz CT molecular complexity index is 120. The molecule has 0 radical (unpaired) electrons. The summed E-state index contributed by atoms with van der Waals surface area (Å²) in [7, 11) is 0. The zero-order valence-electron chi connectivity index (χ0n) is 4.11. The van der Waals surface area contributed by atoms with Gasteiger partial charge in [-0.1, -0.05) is 0 Å². The highest BCUT2D eigenvalue weighted by Crippen LogP contribution is 2.09. The summed E-state index contributed by atoms with van der Waals surface area (Å²) in [5.41, 5.74) is 2.35. The van der Waals surface area contributed by atoms with E-state index in [0.717, 1.165) is 0 Å². The Balaban J connectivity index is 2.40. The van der Waals surface area contributed by atoms with Crippen molar-refractivity contribution < 1.29 is 0 Å². The highest BCUT2D eigenvalue weighted by Gasteiger charge is 1.94. The van der Waals surface area contributed by atoms with Crippen LogP contribution in [-0.4, -0.2) is 10.7 Å². The van der Waals surface area contributed by atoms with Gasteiger partial charge in [0.1, 0.15) is 0 Å². The van der Waals surface area contributed by atoms with Gasteiger partial charge in [-0.05, 0) is 11.5 Å². The SMILES string of the molecule is NNN1N=CC=CS1. The smallest absolute Gasteiger partial charge is 0.0503 e. The van der Waals surface area contributed by atoms with Crippen LogP contribution < -0.4 is 11.4 Å². The Kier molecular flexibility index (Phi) is 1.90. The normalized spacial score (nSPS) is 17.4. The summed E-state index contributed by atoms with van der Waals surface area (Å²) in [5.74, 6) is 5.01. The van der Waals surface area contributed by atoms with Gasteiger partial charge in [0.05, 0.1) is 6.21 Å². The lowest BCUT2D eigenvalue weighted by atomic mass is 10.7. The van der Waals surface area contributed by atoms with E-state index in [1.807, 2.05) is 11.5 Å². The second kappa shape index (κ2) is 2.71. The van der Waals surface area contributed by atoms with E-state index in [1.165, 1.54) is 16.5 Å². The maximum absolute atomic E-state index is 5.01. The maximum Gasteiger partial charge on any atom is 0.0503 e. The van der Waals surface area contributed by atoms with Crippen LogP contribution in [0.25, 0.3) is 0 Å². The third-order valence-electron chi connectivity index (χ3n) is 0.607. The summed E-state index contributed by atoms with van der Waals surface area (Å²) >= 11 is 1.38. The molecule has 0 atom stereocenters. The fourth-order valence-corrected chi connectivity index (χ4v) is 0.743. The van der Waals surface area contributed by atoms with Crippen molar-refractivity contribution >= 4 is 18.2 Å². The number of rotatable bonds is 1. The van der Waals surface area contributed by atoms with Crippen molar-refractivity contribution in [3.05, 3.63) is 11.5 Å². The number of nitrogens with one attached hydrogen (secondary N) is 1. The molecule has 1 heterocycles. The van der Waals surface area contributed by atoms with E-state index in [9.17, 15) is 0 Å². The third-order valence-corrected chi connectivity index (χ3v) is 1.29. The molecule has 4 nitrogen and oxygen atoms in total. The van der Waals surface area contributed by atoms with Crippen LogP contribution in [0.1, 0.15) is 0 Å². The maximum atomic E-state index is 5.01. The van der Waals surface area contributed by atoms with Crippen molar-refractivity contribution in [1.29, 1.82) is 0 Å². The molecule has 1 aliphatic rings. The first-order chi connectivity index (χ1) is 3.93. The summed E-state index contributed by atoms with van der Waals surface area (Å²) in [5, 5.41) is 5.66. The second-order valence-corrected chi connectivity index (χ2v) is 1.93. The zero-order valence-corrected chi connectivity index (χ0v) is 4.93. The van der Waals surface area contributed by atoms with E-state index in [1.54, 1.807) is 6.21 Å². The monoisotopic (exact) mass is 130 g/mol. The van der Waals surface area contributed by atoms with Crippen LogP contribution in [0.15, 0.2) is 16.6 Å². The first-order valence-electron chi connectivity index (χ1n) is 2.06. The lowest BCUT2D eigenvalue weighted by Crippen LogP contribution is -2.34. The Morgan fingerprint density at radius 2 is 2.62 bits per heavy atom. The Morgan fingerprint density at radius 3 is 3.00 bits per heavy atom. The van der Waals surface area contributed by atoms with Gasteiger partial charge < -0.3 is 0 Å². The molecule has 0 bridgehead atoms. The lowest BCUT2D eigenvalue weighted by molar-refractivity contribution is 0.381. The van der Waals surface area contributed by atoms with Crippen LogP contribution in [-0.2, 0) is 0 Å². The molecule has 0 amide bonds. The molecule has 5 heteroatoms. The second-order valence-electron chi connectivity index (χ2n) is 1.10. The molecule has 0 aromatic heterocycles. The van der Waals surface area contributed by atoms with Gasteiger partial charge in [-0.2, -0.15) is 9.62 Å². The van der Waals surface area contributed by atoms with Crippen molar-refractivity contribution in [3.63, 3.8) is 0 Å². The van der Waals surface area contributed by atoms with Gasteiger partial charge in [-0.15, -0.1) is 5.53 Å². The average Bonchev–Trinajstić information content (AvgIpc) is 1.90. The van der Waals surface area contributed by atoms with Gasteiger partial charge in [0, 0.05) is 11.9 Å². The minimum atomic E-state index is 1.38. The van der Waals surface area contributed by atoms with Crippen LogP contribution in [0.5, 0.6) is 0 Å². The molecule has 0 saturated heterocycles.